The molecule has 0 aliphatic heterocycles. The van der Waals surface area contributed by atoms with Crippen LogP contribution >= 0.6 is 11.3 Å². The van der Waals surface area contributed by atoms with Gasteiger partial charge in [-0.25, -0.2) is 4.98 Å². The highest BCUT2D eigenvalue weighted by molar-refractivity contribution is 7.09. The number of thiazole rings is 1. The summed E-state index contributed by atoms with van der Waals surface area (Å²) < 4.78 is 5.06. The Labute approximate surface area is 118 Å². The molecule has 108 valence electrons. The molecule has 5 nitrogen and oxygen atoms in total. The Bertz CT molecular complexity index is 406. The summed E-state index contributed by atoms with van der Waals surface area (Å²) in [5.41, 5.74) is 6.25. The van der Waals surface area contributed by atoms with E-state index in [1.807, 2.05) is 18.7 Å². The summed E-state index contributed by atoms with van der Waals surface area (Å²) in [5.74, 6) is -0.0467. The Kier molecular flexibility index (Phi) is 6.41. The first kappa shape index (κ1) is 16.1. The average Bonchev–Trinajstić information content (AvgIpc) is 2.88. The monoisotopic (exact) mass is 285 g/mol. The minimum atomic E-state index is -0.137. The molecule has 1 heterocycles. The molecule has 19 heavy (non-hydrogen) atoms. The molecular formula is C13H23N3O2S. The van der Waals surface area contributed by atoms with Gasteiger partial charge in [0.05, 0.1) is 12.6 Å². The van der Waals surface area contributed by atoms with E-state index in [0.717, 1.165) is 11.4 Å². The topological polar surface area (TPSA) is 68.5 Å². The fourth-order valence-corrected chi connectivity index (χ4v) is 2.43. The molecule has 2 N–H and O–H groups in total. The van der Waals surface area contributed by atoms with Crippen molar-refractivity contribution in [3.63, 3.8) is 0 Å². The van der Waals surface area contributed by atoms with Crippen molar-refractivity contribution in [1.82, 2.24) is 9.88 Å². The molecule has 0 aliphatic carbocycles. The predicted octanol–water partition coefficient (Wildman–Crippen LogP) is 2.05. The van der Waals surface area contributed by atoms with E-state index in [2.05, 4.69) is 11.9 Å². The highest BCUT2D eigenvalue weighted by atomic mass is 32.1. The second-order valence-electron chi connectivity index (χ2n) is 4.61. The normalized spacial score (nSPS) is 14.2. The van der Waals surface area contributed by atoms with Crippen LogP contribution < -0.4 is 5.73 Å². The third-order valence-corrected chi connectivity index (χ3v) is 4.10. The molecule has 0 radical (unpaired) electrons. The molecule has 0 aliphatic rings. The zero-order valence-electron chi connectivity index (χ0n) is 12.0. The molecule has 0 bridgehead atoms. The number of amides is 1. The van der Waals surface area contributed by atoms with Crippen molar-refractivity contribution < 1.29 is 9.53 Å². The maximum atomic E-state index is 12.5. The molecule has 6 heteroatoms. The van der Waals surface area contributed by atoms with Gasteiger partial charge in [0.2, 0.25) is 0 Å². The summed E-state index contributed by atoms with van der Waals surface area (Å²) >= 11 is 1.43. The first-order chi connectivity index (χ1) is 9.01. The Hall–Kier alpha value is -0.980. The van der Waals surface area contributed by atoms with E-state index in [4.69, 9.17) is 10.5 Å². The van der Waals surface area contributed by atoms with Crippen molar-refractivity contribution in [3.8, 4) is 0 Å². The Morgan fingerprint density at radius 3 is 2.74 bits per heavy atom. The standard InChI is InChI=1S/C13H23N3O2S/c1-5-9(2)16(6-7-18-4)13(17)11-8-19-12(15-11)10(3)14/h8-10H,5-7,14H2,1-4H3. The third-order valence-electron chi connectivity index (χ3n) is 3.05. The molecule has 0 spiro atoms. The summed E-state index contributed by atoms with van der Waals surface area (Å²) in [4.78, 5) is 18.6. The van der Waals surface area contributed by atoms with Gasteiger partial charge in [0, 0.05) is 25.1 Å². The molecule has 1 amide bonds. The molecule has 2 unspecified atom stereocenters. The highest BCUT2D eigenvalue weighted by Crippen LogP contribution is 2.18. The molecule has 2 atom stereocenters. The number of methoxy groups -OCH3 is 1. The fourth-order valence-electron chi connectivity index (χ4n) is 1.67. The van der Waals surface area contributed by atoms with Crippen LogP contribution in [0.15, 0.2) is 5.38 Å². The third kappa shape index (κ3) is 4.26. The molecule has 1 aromatic rings. The van der Waals surface area contributed by atoms with Crippen molar-refractivity contribution in [3.05, 3.63) is 16.1 Å². The number of ether oxygens (including phenoxy) is 1. The lowest BCUT2D eigenvalue weighted by atomic mass is 10.2. The first-order valence-electron chi connectivity index (χ1n) is 6.52. The zero-order chi connectivity index (χ0) is 14.4. The summed E-state index contributed by atoms with van der Waals surface area (Å²) in [6, 6.07) is 0.0330. The van der Waals surface area contributed by atoms with Gasteiger partial charge in [-0.05, 0) is 20.3 Å². The van der Waals surface area contributed by atoms with Crippen molar-refractivity contribution in [2.24, 2.45) is 5.73 Å². The summed E-state index contributed by atoms with van der Waals surface area (Å²) in [7, 11) is 1.64. The molecule has 0 aromatic carbocycles. The quantitative estimate of drug-likeness (QED) is 0.832. The van der Waals surface area contributed by atoms with E-state index in [-0.39, 0.29) is 18.0 Å². The molecule has 0 saturated carbocycles. The summed E-state index contributed by atoms with van der Waals surface area (Å²) in [6.07, 6.45) is 0.903. The van der Waals surface area contributed by atoms with Gasteiger partial charge < -0.3 is 15.4 Å². The molecule has 0 fully saturated rings. The molecule has 0 saturated heterocycles. The van der Waals surface area contributed by atoms with E-state index in [1.165, 1.54) is 11.3 Å². The van der Waals surface area contributed by atoms with Crippen molar-refractivity contribution in [1.29, 1.82) is 0 Å². The number of nitrogens with zero attached hydrogens (tertiary/aromatic N) is 2. The fraction of sp³-hybridized carbons (Fsp3) is 0.692. The Balaban J connectivity index is 2.84. The van der Waals surface area contributed by atoms with Gasteiger partial charge in [-0.1, -0.05) is 6.92 Å². The van der Waals surface area contributed by atoms with Gasteiger partial charge in [0.1, 0.15) is 10.7 Å². The van der Waals surface area contributed by atoms with E-state index >= 15 is 0 Å². The van der Waals surface area contributed by atoms with Crippen LogP contribution in [0.1, 0.15) is 48.7 Å². The summed E-state index contributed by atoms with van der Waals surface area (Å²) in [6.45, 7) is 7.07. The number of aromatic nitrogens is 1. The van der Waals surface area contributed by atoms with Gasteiger partial charge in [0.25, 0.3) is 5.91 Å². The maximum absolute atomic E-state index is 12.5. The molecule has 1 aromatic heterocycles. The Morgan fingerprint density at radius 1 is 1.58 bits per heavy atom. The lowest BCUT2D eigenvalue weighted by Crippen LogP contribution is -2.40. The number of hydrogen-bond acceptors (Lipinski definition) is 5. The maximum Gasteiger partial charge on any atom is 0.273 e. The Morgan fingerprint density at radius 2 is 2.26 bits per heavy atom. The number of rotatable bonds is 7. The van der Waals surface area contributed by atoms with Gasteiger partial charge in [-0.15, -0.1) is 11.3 Å². The zero-order valence-corrected chi connectivity index (χ0v) is 12.9. The average molecular weight is 285 g/mol. The second kappa shape index (κ2) is 7.57. The van der Waals surface area contributed by atoms with E-state index < -0.39 is 0 Å². The number of carbonyl (C=O) groups is 1. The lowest BCUT2D eigenvalue weighted by molar-refractivity contribution is 0.0608. The lowest BCUT2D eigenvalue weighted by Gasteiger charge is -2.27. The van der Waals surface area contributed by atoms with Gasteiger partial charge in [-0.3, -0.25) is 4.79 Å². The molecule has 1 rings (SSSR count). The van der Waals surface area contributed by atoms with Gasteiger partial charge >= 0.3 is 0 Å². The smallest absolute Gasteiger partial charge is 0.273 e. The predicted molar refractivity (Wildman–Crippen MR) is 77.4 cm³/mol. The minimum Gasteiger partial charge on any atom is -0.383 e. The first-order valence-corrected chi connectivity index (χ1v) is 7.40. The van der Waals surface area contributed by atoms with E-state index in [0.29, 0.717) is 18.8 Å². The van der Waals surface area contributed by atoms with Crippen LogP contribution in [0.2, 0.25) is 0 Å². The van der Waals surface area contributed by atoms with Crippen LogP contribution in [0.3, 0.4) is 0 Å². The minimum absolute atomic E-state index is 0.0467. The van der Waals surface area contributed by atoms with Crippen LogP contribution in [0, 0.1) is 0 Å². The second-order valence-corrected chi connectivity index (χ2v) is 5.50. The van der Waals surface area contributed by atoms with Gasteiger partial charge in [0.15, 0.2) is 0 Å². The summed E-state index contributed by atoms with van der Waals surface area (Å²) in [5, 5.41) is 2.57. The van der Waals surface area contributed by atoms with Crippen LogP contribution in [0.25, 0.3) is 0 Å². The van der Waals surface area contributed by atoms with Crippen LogP contribution in [0.4, 0.5) is 0 Å². The number of hydrogen-bond donors (Lipinski definition) is 1. The van der Waals surface area contributed by atoms with Gasteiger partial charge in [-0.2, -0.15) is 0 Å². The SMILES string of the molecule is CCC(C)N(CCOC)C(=O)c1csc(C(C)N)n1. The number of carbonyl (C=O) groups excluding carboxylic acids is 1. The van der Waals surface area contributed by atoms with Crippen LogP contribution in [0.5, 0.6) is 0 Å². The van der Waals surface area contributed by atoms with Crippen LogP contribution in [-0.4, -0.2) is 42.1 Å². The van der Waals surface area contributed by atoms with Crippen LogP contribution in [-0.2, 0) is 4.74 Å². The van der Waals surface area contributed by atoms with E-state index in [1.54, 1.807) is 12.5 Å². The van der Waals surface area contributed by atoms with Crippen molar-refractivity contribution >= 4 is 17.2 Å². The largest absolute Gasteiger partial charge is 0.383 e. The van der Waals surface area contributed by atoms with E-state index in [9.17, 15) is 4.79 Å². The van der Waals surface area contributed by atoms with Crippen molar-refractivity contribution in [2.45, 2.75) is 39.3 Å². The van der Waals surface area contributed by atoms with Crippen molar-refractivity contribution in [2.75, 3.05) is 20.3 Å². The highest BCUT2D eigenvalue weighted by Gasteiger charge is 2.22. The molecular weight excluding hydrogens is 262 g/mol. The number of nitrogens with two attached hydrogens (primary N) is 1.